The normalized spacial score (nSPS) is 27.8. The predicted octanol–water partition coefficient (Wildman–Crippen LogP) is 8.27. The van der Waals surface area contributed by atoms with E-state index in [-0.39, 0.29) is 29.7 Å². The molecule has 3 aromatic carbocycles. The average molecular weight is 749 g/mol. The smallest absolute Gasteiger partial charge is 0.275 e. The van der Waals surface area contributed by atoms with E-state index < -0.39 is 23.2 Å². The second-order valence-electron chi connectivity index (χ2n) is 15.0. The van der Waals surface area contributed by atoms with Crippen molar-refractivity contribution in [2.24, 2.45) is 22.2 Å². The number of anilines is 1. The van der Waals surface area contributed by atoms with E-state index in [9.17, 15) is 28.6 Å². The van der Waals surface area contributed by atoms with Crippen LogP contribution in [0.4, 0.5) is 14.5 Å². The third-order valence-electron chi connectivity index (χ3n) is 12.2. The van der Waals surface area contributed by atoms with Gasteiger partial charge in [-0.2, -0.15) is 0 Å². The maximum Gasteiger partial charge on any atom is 0.275 e. The molecule has 3 fully saturated rings. The number of carbonyl (C=O) groups is 2. The second-order valence-corrected chi connectivity index (χ2v) is 15.9. The fraction of sp³-hybridized carbons (Fsp3) is 0.475. The standard InChI is InChI=1S/C22H20BrF2N3O2.C18H24O2/c23-15-6-4-14(5-7-15)20-21(30)28(22(27-20)10-2-1-3-11-22)13-19(29)26-16-8-9-17(24)18(25)12-16;1-18-9-8-14-13-5-3-12(19)10-11(13)2-4-15(14)16(18)6-7-17(18)20/h4-9,12H,1-3,10-11,13H2,(H,26,29);3,5,10,14-17,19-20H,2,4,6-9H2,1H3/t;14-,15-,16+,17+,18+/m.1/s1. The highest BCUT2D eigenvalue weighted by Gasteiger charge is 2.54. The van der Waals surface area contributed by atoms with Gasteiger partial charge < -0.3 is 20.4 Å². The first-order valence-electron chi connectivity index (χ1n) is 17.9. The van der Waals surface area contributed by atoms with Gasteiger partial charge in [0.1, 0.15) is 23.7 Å². The van der Waals surface area contributed by atoms with Crippen LogP contribution in [-0.2, 0) is 16.0 Å². The highest BCUT2D eigenvalue weighted by atomic mass is 79.9. The first-order valence-corrected chi connectivity index (χ1v) is 18.7. The Bertz CT molecular complexity index is 1810. The molecule has 3 N–H and O–H groups in total. The number of benzene rings is 3. The third-order valence-corrected chi connectivity index (χ3v) is 12.7. The number of aliphatic hydroxyl groups excluding tert-OH is 1. The number of aliphatic hydroxyl groups is 1. The molecule has 8 rings (SSSR count). The fourth-order valence-corrected chi connectivity index (χ4v) is 9.87. The maximum atomic E-state index is 13.4. The van der Waals surface area contributed by atoms with Gasteiger partial charge >= 0.3 is 0 Å². The lowest BCUT2D eigenvalue weighted by Crippen LogP contribution is -2.51. The van der Waals surface area contributed by atoms with E-state index in [1.807, 2.05) is 36.4 Å². The molecule has 0 aromatic heterocycles. The summed E-state index contributed by atoms with van der Waals surface area (Å²) in [5.41, 5.74) is 3.45. The van der Waals surface area contributed by atoms with Crippen LogP contribution < -0.4 is 5.32 Å². The van der Waals surface area contributed by atoms with E-state index in [0.29, 0.717) is 41.7 Å². The monoisotopic (exact) mass is 747 g/mol. The van der Waals surface area contributed by atoms with Crippen molar-refractivity contribution in [3.63, 3.8) is 0 Å². The Morgan fingerprint density at radius 2 is 1.72 bits per heavy atom. The number of aromatic hydroxyl groups is 1. The quantitative estimate of drug-likeness (QED) is 0.250. The van der Waals surface area contributed by atoms with Crippen LogP contribution in [0.15, 0.2) is 70.1 Å². The molecule has 264 valence electrons. The lowest BCUT2D eigenvalue weighted by atomic mass is 9.55. The van der Waals surface area contributed by atoms with Gasteiger partial charge in [-0.25, -0.2) is 8.78 Å². The minimum atomic E-state index is -1.05. The number of nitrogens with zero attached hydrogens (tertiary/aromatic N) is 2. The lowest BCUT2D eigenvalue weighted by Gasteiger charge is -2.50. The molecule has 0 unspecified atom stereocenters. The zero-order valence-electron chi connectivity index (χ0n) is 28.3. The van der Waals surface area contributed by atoms with Gasteiger partial charge in [0.15, 0.2) is 11.6 Å². The topological polar surface area (TPSA) is 102 Å². The van der Waals surface area contributed by atoms with E-state index in [0.717, 1.165) is 61.0 Å². The molecule has 3 saturated carbocycles. The van der Waals surface area contributed by atoms with Crippen LogP contribution in [-0.4, -0.2) is 51.0 Å². The van der Waals surface area contributed by atoms with Gasteiger partial charge in [0.2, 0.25) is 5.91 Å². The number of phenols is 1. The second kappa shape index (κ2) is 13.8. The molecule has 0 bridgehead atoms. The number of phenolic OH excluding ortho intramolecular Hbond substituents is 1. The lowest BCUT2D eigenvalue weighted by molar-refractivity contribution is -0.134. The van der Waals surface area contributed by atoms with Crippen LogP contribution in [0.1, 0.15) is 93.7 Å². The molecule has 3 aromatic rings. The summed E-state index contributed by atoms with van der Waals surface area (Å²) in [7, 11) is 0. The molecule has 50 heavy (non-hydrogen) atoms. The van der Waals surface area contributed by atoms with E-state index >= 15 is 0 Å². The van der Waals surface area contributed by atoms with Crippen molar-refractivity contribution in [2.45, 2.75) is 95.2 Å². The van der Waals surface area contributed by atoms with Crippen molar-refractivity contribution in [2.75, 3.05) is 11.9 Å². The van der Waals surface area contributed by atoms with Crippen LogP contribution in [0.2, 0.25) is 0 Å². The molecule has 5 aliphatic rings. The molecule has 4 aliphatic carbocycles. The van der Waals surface area contributed by atoms with Crippen LogP contribution in [0.5, 0.6) is 5.75 Å². The van der Waals surface area contributed by atoms with Gasteiger partial charge in [-0.05, 0) is 135 Å². The number of rotatable bonds is 4. The number of hydrogen-bond donors (Lipinski definition) is 3. The van der Waals surface area contributed by atoms with Crippen molar-refractivity contribution in [3.8, 4) is 5.75 Å². The minimum absolute atomic E-state index is 0.0883. The van der Waals surface area contributed by atoms with Crippen LogP contribution in [0.25, 0.3) is 0 Å². The molecule has 1 heterocycles. The summed E-state index contributed by atoms with van der Waals surface area (Å²) in [5.74, 6) is -0.319. The Morgan fingerprint density at radius 1 is 0.960 bits per heavy atom. The molecular formula is C40H44BrF2N3O4. The van der Waals surface area contributed by atoms with E-state index in [1.54, 1.807) is 0 Å². The zero-order chi connectivity index (χ0) is 35.2. The Labute approximate surface area is 300 Å². The van der Waals surface area contributed by atoms with Gasteiger partial charge in [0.05, 0.1) is 6.10 Å². The van der Waals surface area contributed by atoms with Gasteiger partial charge in [0, 0.05) is 21.8 Å². The number of amides is 2. The van der Waals surface area contributed by atoms with Gasteiger partial charge in [-0.15, -0.1) is 0 Å². The molecule has 7 nitrogen and oxygen atoms in total. The largest absolute Gasteiger partial charge is 0.508 e. The minimum Gasteiger partial charge on any atom is -0.508 e. The van der Waals surface area contributed by atoms with Gasteiger partial charge in [-0.1, -0.05) is 47.5 Å². The number of nitrogens with one attached hydrogen (secondary N) is 1. The summed E-state index contributed by atoms with van der Waals surface area (Å²) in [5, 5.41) is 22.6. The van der Waals surface area contributed by atoms with Crippen molar-refractivity contribution in [1.82, 2.24) is 4.90 Å². The van der Waals surface area contributed by atoms with E-state index in [4.69, 9.17) is 4.99 Å². The van der Waals surface area contributed by atoms with Crippen molar-refractivity contribution >= 4 is 39.1 Å². The summed E-state index contributed by atoms with van der Waals surface area (Å²) in [6.07, 6.45) is 11.1. The van der Waals surface area contributed by atoms with Crippen molar-refractivity contribution < 1.29 is 28.6 Å². The van der Waals surface area contributed by atoms with E-state index in [2.05, 4.69) is 34.2 Å². The number of hydrogen-bond acceptors (Lipinski definition) is 5. The third kappa shape index (κ3) is 6.49. The highest BCUT2D eigenvalue weighted by molar-refractivity contribution is 9.10. The summed E-state index contributed by atoms with van der Waals surface area (Å²) in [6.45, 7) is 2.11. The number of aliphatic imine (C=N–C) groups is 1. The van der Waals surface area contributed by atoms with Gasteiger partial charge in [-0.3, -0.25) is 14.6 Å². The summed E-state index contributed by atoms with van der Waals surface area (Å²) >= 11 is 3.39. The molecule has 10 heteroatoms. The molecule has 0 saturated heterocycles. The van der Waals surface area contributed by atoms with Crippen LogP contribution in [0.3, 0.4) is 0 Å². The Balaban J connectivity index is 0.000000169. The average Bonchev–Trinajstić information content (AvgIpc) is 3.55. The SMILES string of the molecule is C[C@]12CC[C@@H]3c4ccc(O)cc4CC[C@H]3[C@@H]1CC[C@@H]2O.O=C(CN1C(=O)C(c2ccc(Br)cc2)=NC12CCCCC2)Nc1ccc(F)c(F)c1. The maximum absolute atomic E-state index is 13.4. The number of carbonyl (C=O) groups excluding carboxylic acids is 2. The fourth-order valence-electron chi connectivity index (χ4n) is 9.61. The van der Waals surface area contributed by atoms with Gasteiger partial charge in [0.25, 0.3) is 5.91 Å². The highest BCUT2D eigenvalue weighted by Crippen LogP contribution is 2.61. The van der Waals surface area contributed by atoms with E-state index in [1.165, 1.54) is 41.4 Å². The number of fused-ring (bicyclic) bond motifs is 5. The molecule has 1 spiro atoms. The van der Waals surface area contributed by atoms with Crippen LogP contribution in [0, 0.1) is 28.9 Å². The number of aryl methyl sites for hydroxylation is 1. The molecule has 2 amide bonds. The Hall–Kier alpha value is -3.63. The molecule has 1 aliphatic heterocycles. The molecule has 5 atom stereocenters. The number of halogens is 3. The Morgan fingerprint density at radius 3 is 2.46 bits per heavy atom. The summed E-state index contributed by atoms with van der Waals surface area (Å²) in [4.78, 5) is 32.2. The van der Waals surface area contributed by atoms with Crippen molar-refractivity contribution in [1.29, 1.82) is 0 Å². The molecule has 0 radical (unpaired) electrons. The summed E-state index contributed by atoms with van der Waals surface area (Å²) < 4.78 is 27.5. The first kappa shape index (κ1) is 34.8. The first-order chi connectivity index (χ1) is 24.0. The van der Waals surface area contributed by atoms with Crippen molar-refractivity contribution in [3.05, 3.63) is 93.5 Å². The summed E-state index contributed by atoms with van der Waals surface area (Å²) in [6, 6.07) is 16.4. The van der Waals surface area contributed by atoms with Crippen LogP contribution >= 0.6 is 15.9 Å². The predicted molar refractivity (Wildman–Crippen MR) is 192 cm³/mol. The Kier molecular flexibility index (Phi) is 9.62. The zero-order valence-corrected chi connectivity index (χ0v) is 29.9. The molecular weight excluding hydrogens is 704 g/mol.